The van der Waals surface area contributed by atoms with Gasteiger partial charge >= 0.3 is 0 Å². The highest BCUT2D eigenvalue weighted by Gasteiger charge is 1.72. The lowest BCUT2D eigenvalue weighted by Crippen LogP contribution is -1.63. The summed E-state index contributed by atoms with van der Waals surface area (Å²) in [6.07, 6.45) is 3.85. The van der Waals surface area contributed by atoms with Crippen LogP contribution in [-0.4, -0.2) is 11.9 Å². The molecule has 0 heterocycles. The van der Waals surface area contributed by atoms with E-state index in [9.17, 15) is 9.59 Å². The highest BCUT2D eigenvalue weighted by Crippen LogP contribution is 1.85. The molecule has 0 aromatic heterocycles. The molecule has 0 atom stereocenters. The van der Waals surface area contributed by atoms with Gasteiger partial charge in [-0.3, -0.25) is 0 Å². The highest BCUT2D eigenvalue weighted by molar-refractivity contribution is 5.46. The van der Waals surface area contributed by atoms with Crippen molar-refractivity contribution in [2.75, 3.05) is 0 Å². The van der Waals surface area contributed by atoms with Crippen LogP contribution in [0.3, 0.4) is 0 Å². The average molecular weight is 110 g/mol. The van der Waals surface area contributed by atoms with E-state index in [1.807, 2.05) is 0 Å². The van der Waals surface area contributed by atoms with Crippen molar-refractivity contribution in [2.24, 2.45) is 0 Å². The van der Waals surface area contributed by atoms with E-state index >= 15 is 0 Å². The zero-order chi connectivity index (χ0) is 6.24. The van der Waals surface area contributed by atoms with Gasteiger partial charge in [0, 0.05) is 12.2 Å². The van der Waals surface area contributed by atoms with Gasteiger partial charge in [0.1, 0.15) is 11.9 Å². The van der Waals surface area contributed by atoms with Crippen molar-refractivity contribution < 1.29 is 9.59 Å². The first-order chi connectivity index (χ1) is 3.91. The molecule has 0 aromatic carbocycles. The van der Waals surface area contributed by atoms with Crippen LogP contribution in [0.2, 0.25) is 0 Å². The summed E-state index contributed by atoms with van der Waals surface area (Å²) < 4.78 is 0. The fraction of sp³-hybridized carbons (Fsp3) is 0.333. The second kappa shape index (κ2) is 5.90. The SMILES string of the molecule is O=C=CCCC=C=O. The standard InChI is InChI=1S/C6H6O2/c7-5-3-1-2-4-6-8/h3-4H,1-2H2. The highest BCUT2D eigenvalue weighted by atomic mass is 16.1. The number of unbranched alkanes of at least 4 members (excludes halogenated alkanes) is 1. The molecule has 0 fully saturated rings. The average Bonchev–Trinajstić information content (AvgIpc) is 1.81. The maximum Gasteiger partial charge on any atom is 0.120 e. The van der Waals surface area contributed by atoms with Crippen LogP contribution in [0.5, 0.6) is 0 Å². The van der Waals surface area contributed by atoms with Crippen molar-refractivity contribution in [3.63, 3.8) is 0 Å². The molecule has 0 aliphatic carbocycles. The van der Waals surface area contributed by atoms with Crippen LogP contribution in [0.15, 0.2) is 12.2 Å². The third kappa shape index (κ3) is 4.90. The van der Waals surface area contributed by atoms with E-state index in [1.165, 1.54) is 12.2 Å². The van der Waals surface area contributed by atoms with Crippen LogP contribution in [0.4, 0.5) is 0 Å². The molecular weight excluding hydrogens is 104 g/mol. The first-order valence-electron chi connectivity index (χ1n) is 2.30. The summed E-state index contributed by atoms with van der Waals surface area (Å²) in [5, 5.41) is 0. The van der Waals surface area contributed by atoms with E-state index < -0.39 is 0 Å². The lowest BCUT2D eigenvalue weighted by Gasteiger charge is -1.73. The summed E-state index contributed by atoms with van der Waals surface area (Å²) in [5.74, 6) is 3.20. The number of rotatable bonds is 3. The van der Waals surface area contributed by atoms with Gasteiger partial charge in [-0.05, 0) is 12.8 Å². The Morgan fingerprint density at radius 2 is 1.38 bits per heavy atom. The number of hydrogen-bond donors (Lipinski definition) is 0. The third-order valence-corrected chi connectivity index (χ3v) is 0.622. The smallest absolute Gasteiger partial charge is 0.120 e. The molecule has 42 valence electrons. The quantitative estimate of drug-likeness (QED) is 0.392. The molecule has 0 bridgehead atoms. The first kappa shape index (κ1) is 6.90. The van der Waals surface area contributed by atoms with Crippen LogP contribution < -0.4 is 0 Å². The lowest BCUT2D eigenvalue weighted by molar-refractivity contribution is 0.566. The minimum absolute atomic E-state index is 0.582. The number of hydrogen-bond acceptors (Lipinski definition) is 2. The zero-order valence-corrected chi connectivity index (χ0v) is 4.39. The maximum atomic E-state index is 9.48. The van der Waals surface area contributed by atoms with E-state index in [0.29, 0.717) is 12.8 Å². The van der Waals surface area contributed by atoms with E-state index in [2.05, 4.69) is 0 Å². The Balaban J connectivity index is 3.18. The molecule has 0 amide bonds. The molecule has 0 rings (SSSR count). The van der Waals surface area contributed by atoms with Crippen LogP contribution >= 0.6 is 0 Å². The molecule has 0 aliphatic rings. The van der Waals surface area contributed by atoms with Gasteiger partial charge in [0.25, 0.3) is 0 Å². The van der Waals surface area contributed by atoms with Crippen molar-refractivity contribution in [1.82, 2.24) is 0 Å². The molecule has 0 unspecified atom stereocenters. The van der Waals surface area contributed by atoms with Crippen LogP contribution in [0.25, 0.3) is 0 Å². The molecule has 2 heteroatoms. The van der Waals surface area contributed by atoms with Gasteiger partial charge in [0.05, 0.1) is 0 Å². The molecule has 0 aromatic rings. The topological polar surface area (TPSA) is 34.1 Å². The van der Waals surface area contributed by atoms with Crippen LogP contribution in [-0.2, 0) is 9.59 Å². The molecule has 0 radical (unpaired) electrons. The van der Waals surface area contributed by atoms with Crippen molar-refractivity contribution in [3.8, 4) is 0 Å². The van der Waals surface area contributed by atoms with Gasteiger partial charge in [-0.25, -0.2) is 9.59 Å². The van der Waals surface area contributed by atoms with Crippen LogP contribution in [0.1, 0.15) is 12.8 Å². The summed E-state index contributed by atoms with van der Waals surface area (Å²) in [6, 6.07) is 0. The molecule has 0 N–H and O–H groups in total. The molecule has 0 spiro atoms. The Bertz CT molecular complexity index is 119. The molecule has 8 heavy (non-hydrogen) atoms. The minimum Gasteiger partial charge on any atom is -0.234 e. The van der Waals surface area contributed by atoms with Gasteiger partial charge in [0.15, 0.2) is 0 Å². The zero-order valence-electron chi connectivity index (χ0n) is 4.39. The third-order valence-electron chi connectivity index (χ3n) is 0.622. The van der Waals surface area contributed by atoms with E-state index in [1.54, 1.807) is 11.9 Å². The molecule has 0 saturated carbocycles. The van der Waals surface area contributed by atoms with E-state index in [-0.39, 0.29) is 0 Å². The Hall–Kier alpha value is -1.10. The predicted octanol–water partition coefficient (Wildman–Crippen LogP) is 0.542. The van der Waals surface area contributed by atoms with Crippen LogP contribution in [0, 0.1) is 0 Å². The van der Waals surface area contributed by atoms with Gasteiger partial charge in [-0.15, -0.1) is 0 Å². The summed E-state index contributed by atoms with van der Waals surface area (Å²) in [6.45, 7) is 0. The largest absolute Gasteiger partial charge is 0.234 e. The molecule has 0 saturated heterocycles. The Kier molecular flexibility index (Phi) is 5.09. The summed E-state index contributed by atoms with van der Waals surface area (Å²) in [7, 11) is 0. The monoisotopic (exact) mass is 110 g/mol. The summed E-state index contributed by atoms with van der Waals surface area (Å²) in [4.78, 5) is 19.0. The van der Waals surface area contributed by atoms with Crippen molar-refractivity contribution in [1.29, 1.82) is 0 Å². The van der Waals surface area contributed by atoms with Gasteiger partial charge in [0.2, 0.25) is 0 Å². The number of allylic oxidation sites excluding steroid dienone is 2. The fourth-order valence-electron chi connectivity index (χ4n) is 0.285. The Labute approximate surface area is 47.5 Å². The molecular formula is C6H6O2. The maximum absolute atomic E-state index is 9.48. The van der Waals surface area contributed by atoms with E-state index in [0.717, 1.165) is 0 Å². The van der Waals surface area contributed by atoms with Gasteiger partial charge in [-0.2, -0.15) is 0 Å². The summed E-state index contributed by atoms with van der Waals surface area (Å²) in [5.41, 5.74) is 0. The number of carbonyl (C=O) groups excluding carboxylic acids is 2. The minimum atomic E-state index is 0.582. The summed E-state index contributed by atoms with van der Waals surface area (Å²) >= 11 is 0. The normalized spacial score (nSPS) is 6.50. The molecule has 0 aliphatic heterocycles. The Morgan fingerprint density at radius 3 is 1.62 bits per heavy atom. The van der Waals surface area contributed by atoms with Crippen molar-refractivity contribution >= 4 is 11.9 Å². The van der Waals surface area contributed by atoms with Crippen molar-refractivity contribution in [2.45, 2.75) is 12.8 Å². The fourth-order valence-corrected chi connectivity index (χ4v) is 0.285. The first-order valence-corrected chi connectivity index (χ1v) is 2.30. The van der Waals surface area contributed by atoms with Crippen molar-refractivity contribution in [3.05, 3.63) is 12.2 Å². The van der Waals surface area contributed by atoms with Gasteiger partial charge < -0.3 is 0 Å². The second-order valence-electron chi connectivity index (χ2n) is 1.22. The predicted molar refractivity (Wildman–Crippen MR) is 29.8 cm³/mol. The molecule has 2 nitrogen and oxygen atoms in total. The second-order valence-corrected chi connectivity index (χ2v) is 1.22. The van der Waals surface area contributed by atoms with E-state index in [4.69, 9.17) is 0 Å². The van der Waals surface area contributed by atoms with Gasteiger partial charge in [-0.1, -0.05) is 0 Å². The lowest BCUT2D eigenvalue weighted by atomic mass is 10.3. The Morgan fingerprint density at radius 1 is 1.00 bits per heavy atom.